The molecule has 0 saturated carbocycles. The molecule has 2 amide bonds. The lowest BCUT2D eigenvalue weighted by molar-refractivity contribution is 0.262. The van der Waals surface area contributed by atoms with Crippen LogP contribution in [0.2, 0.25) is 0 Å². The number of carbonyl (C=O) groups excluding carboxylic acids is 1. The molecule has 0 spiro atoms. The summed E-state index contributed by atoms with van der Waals surface area (Å²) >= 11 is 0. The number of amides is 2. The van der Waals surface area contributed by atoms with Gasteiger partial charge in [0.05, 0.1) is 24.0 Å². The van der Waals surface area contributed by atoms with Crippen LogP contribution >= 0.6 is 12.4 Å². The molecule has 33 heavy (non-hydrogen) atoms. The van der Waals surface area contributed by atoms with E-state index >= 15 is 0 Å². The van der Waals surface area contributed by atoms with E-state index < -0.39 is 11.8 Å². The predicted molar refractivity (Wildman–Crippen MR) is 130 cm³/mol. The number of nitrogens with one attached hydrogen (secondary N) is 3. The number of anilines is 2. The Balaban J connectivity index is 0.00000259. The van der Waals surface area contributed by atoms with Crippen LogP contribution in [-0.2, 0) is 6.54 Å². The Labute approximate surface area is 195 Å². The van der Waals surface area contributed by atoms with E-state index in [0.717, 1.165) is 27.5 Å². The first-order chi connectivity index (χ1) is 15.6. The molecule has 168 valence electrons. The summed E-state index contributed by atoms with van der Waals surface area (Å²) in [6.07, 6.45) is 5.69. The number of ether oxygens (including phenoxy) is 1. The van der Waals surface area contributed by atoms with Gasteiger partial charge in [0.2, 0.25) is 0 Å². The number of methoxy groups -OCH3 is 1. The zero-order chi connectivity index (χ0) is 22.1. The zero-order valence-electron chi connectivity index (χ0n) is 17.6. The van der Waals surface area contributed by atoms with E-state index in [1.54, 1.807) is 6.20 Å². The van der Waals surface area contributed by atoms with Crippen LogP contribution in [0.5, 0.6) is 5.75 Å². The Hall–Kier alpha value is -4.04. The summed E-state index contributed by atoms with van der Waals surface area (Å²) < 4.78 is 21.2. The zero-order valence-corrected chi connectivity index (χ0v) is 18.4. The molecule has 0 saturated heterocycles. The van der Waals surface area contributed by atoms with Gasteiger partial charge in [0.15, 0.2) is 0 Å². The highest BCUT2D eigenvalue weighted by molar-refractivity contribution is 6.06. The van der Waals surface area contributed by atoms with Crippen LogP contribution in [0.4, 0.5) is 20.6 Å². The maximum atomic E-state index is 14.0. The third kappa shape index (κ3) is 4.33. The van der Waals surface area contributed by atoms with Crippen LogP contribution in [0.3, 0.4) is 0 Å². The van der Waals surface area contributed by atoms with Gasteiger partial charge in [-0.1, -0.05) is 6.07 Å². The molecule has 3 heterocycles. The lowest BCUT2D eigenvalue weighted by Gasteiger charge is -2.11. The maximum absolute atomic E-state index is 14.0. The number of aromatic amines is 1. The molecule has 0 bridgehead atoms. The molecule has 0 aliphatic heterocycles. The van der Waals surface area contributed by atoms with Gasteiger partial charge in [0, 0.05) is 42.0 Å². The first kappa shape index (κ1) is 22.2. The number of halogens is 2. The van der Waals surface area contributed by atoms with Gasteiger partial charge in [0.1, 0.15) is 17.2 Å². The monoisotopic (exact) mass is 465 g/mol. The van der Waals surface area contributed by atoms with Gasteiger partial charge in [-0.3, -0.25) is 0 Å². The smallest absolute Gasteiger partial charge is 0.323 e. The summed E-state index contributed by atoms with van der Waals surface area (Å²) in [7, 11) is 1.48. The van der Waals surface area contributed by atoms with Gasteiger partial charge < -0.3 is 24.9 Å². The Bertz CT molecular complexity index is 1450. The molecule has 3 N–H and O–H groups in total. The minimum Gasteiger partial charge on any atom is -0.497 e. The van der Waals surface area contributed by atoms with Crippen molar-refractivity contribution in [3.63, 3.8) is 0 Å². The molecule has 5 aromatic rings. The van der Waals surface area contributed by atoms with Crippen molar-refractivity contribution in [3.8, 4) is 5.75 Å². The lowest BCUT2D eigenvalue weighted by atomic mass is 10.2. The third-order valence-electron chi connectivity index (χ3n) is 5.36. The Morgan fingerprint density at radius 3 is 2.79 bits per heavy atom. The molecule has 5 rings (SSSR count). The van der Waals surface area contributed by atoms with Crippen LogP contribution in [0, 0.1) is 5.82 Å². The minimum absolute atomic E-state index is 0. The number of aromatic nitrogens is 3. The van der Waals surface area contributed by atoms with Crippen LogP contribution in [0.1, 0.15) is 5.56 Å². The average molecular weight is 466 g/mol. The highest BCUT2D eigenvalue weighted by atomic mass is 35.5. The SMILES string of the molecule is COc1ccc(F)c(NC(=O)Nc2cccc3c2ccn3Cc2c[nH]c3ncccc23)c1.Cl. The molecular weight excluding hydrogens is 445 g/mol. The maximum Gasteiger partial charge on any atom is 0.323 e. The second-order valence-corrected chi connectivity index (χ2v) is 7.32. The minimum atomic E-state index is -0.543. The first-order valence-electron chi connectivity index (χ1n) is 10.0. The van der Waals surface area contributed by atoms with Crippen molar-refractivity contribution in [2.24, 2.45) is 0 Å². The van der Waals surface area contributed by atoms with Gasteiger partial charge in [-0.2, -0.15) is 0 Å². The van der Waals surface area contributed by atoms with Crippen molar-refractivity contribution in [2.45, 2.75) is 6.54 Å². The standard InChI is InChI=1S/C24H20FN5O2.ClH/c1-32-16-7-8-19(25)21(12-16)29-24(31)28-20-5-2-6-22-18(20)9-11-30(22)14-15-13-27-23-17(15)4-3-10-26-23;/h2-13H,14H2,1H3,(H,26,27)(H2,28,29,31);1H. The molecular formula is C24H21ClFN5O2. The fourth-order valence-electron chi connectivity index (χ4n) is 3.80. The van der Waals surface area contributed by atoms with Crippen molar-refractivity contribution in [3.05, 3.63) is 84.6 Å². The normalized spacial score (nSPS) is 10.7. The van der Waals surface area contributed by atoms with E-state index in [1.807, 2.05) is 48.8 Å². The van der Waals surface area contributed by atoms with Gasteiger partial charge in [-0.15, -0.1) is 12.4 Å². The summed E-state index contributed by atoms with van der Waals surface area (Å²) in [6.45, 7) is 0.653. The summed E-state index contributed by atoms with van der Waals surface area (Å²) in [5.74, 6) is -0.0908. The Morgan fingerprint density at radius 2 is 1.94 bits per heavy atom. The number of H-pyrrole nitrogens is 1. The number of hydrogen-bond donors (Lipinski definition) is 3. The third-order valence-corrected chi connectivity index (χ3v) is 5.36. The van der Waals surface area contributed by atoms with E-state index in [9.17, 15) is 9.18 Å². The largest absolute Gasteiger partial charge is 0.497 e. The van der Waals surface area contributed by atoms with E-state index in [4.69, 9.17) is 4.74 Å². The number of carbonyl (C=O) groups is 1. The van der Waals surface area contributed by atoms with E-state index in [2.05, 4.69) is 25.2 Å². The van der Waals surface area contributed by atoms with Crippen LogP contribution < -0.4 is 15.4 Å². The molecule has 0 unspecified atom stereocenters. The molecule has 3 aromatic heterocycles. The average Bonchev–Trinajstić information content (AvgIpc) is 3.41. The first-order valence-corrected chi connectivity index (χ1v) is 10.0. The van der Waals surface area contributed by atoms with E-state index in [0.29, 0.717) is 18.0 Å². The number of benzene rings is 2. The van der Waals surface area contributed by atoms with Crippen molar-refractivity contribution < 1.29 is 13.9 Å². The molecule has 0 fully saturated rings. The quantitative estimate of drug-likeness (QED) is 0.307. The van der Waals surface area contributed by atoms with Crippen molar-refractivity contribution in [2.75, 3.05) is 17.7 Å². The fourth-order valence-corrected chi connectivity index (χ4v) is 3.80. The lowest BCUT2D eigenvalue weighted by Crippen LogP contribution is -2.20. The summed E-state index contributed by atoms with van der Waals surface area (Å²) in [5.41, 5.74) is 3.61. The fraction of sp³-hybridized carbons (Fsp3) is 0.0833. The topological polar surface area (TPSA) is 84.0 Å². The van der Waals surface area contributed by atoms with Gasteiger partial charge in [-0.25, -0.2) is 14.2 Å². The Kier molecular flexibility index (Phi) is 6.19. The summed E-state index contributed by atoms with van der Waals surface area (Å²) in [6, 6.07) is 15.2. The van der Waals surface area contributed by atoms with Crippen LogP contribution in [0.15, 0.2) is 73.2 Å². The molecule has 0 atom stereocenters. The molecule has 9 heteroatoms. The van der Waals surface area contributed by atoms with E-state index in [-0.39, 0.29) is 18.1 Å². The summed E-state index contributed by atoms with van der Waals surface area (Å²) in [4.78, 5) is 20.1. The molecule has 0 aliphatic carbocycles. The Morgan fingerprint density at radius 1 is 1.09 bits per heavy atom. The predicted octanol–water partition coefficient (Wildman–Crippen LogP) is 5.78. The highest BCUT2D eigenvalue weighted by Crippen LogP contribution is 2.27. The van der Waals surface area contributed by atoms with Crippen molar-refractivity contribution >= 4 is 51.7 Å². The van der Waals surface area contributed by atoms with Crippen molar-refractivity contribution in [1.29, 1.82) is 0 Å². The summed E-state index contributed by atoms with van der Waals surface area (Å²) in [5, 5.41) is 7.31. The number of pyridine rings is 1. The van der Waals surface area contributed by atoms with Gasteiger partial charge in [0.25, 0.3) is 0 Å². The highest BCUT2D eigenvalue weighted by Gasteiger charge is 2.12. The number of urea groups is 1. The van der Waals surface area contributed by atoms with Crippen LogP contribution in [-0.4, -0.2) is 27.7 Å². The number of nitrogens with zero attached hydrogens (tertiary/aromatic N) is 2. The second-order valence-electron chi connectivity index (χ2n) is 7.32. The second kappa shape index (κ2) is 9.22. The number of hydrogen-bond acceptors (Lipinski definition) is 3. The molecule has 7 nitrogen and oxygen atoms in total. The number of rotatable bonds is 5. The van der Waals surface area contributed by atoms with Crippen molar-refractivity contribution in [1.82, 2.24) is 14.5 Å². The van der Waals surface area contributed by atoms with Gasteiger partial charge in [-0.05, 0) is 48.0 Å². The van der Waals surface area contributed by atoms with E-state index in [1.165, 1.54) is 25.3 Å². The molecule has 0 aliphatic rings. The van der Waals surface area contributed by atoms with Gasteiger partial charge >= 0.3 is 6.03 Å². The number of fused-ring (bicyclic) bond motifs is 2. The molecule has 0 radical (unpaired) electrons. The molecule has 2 aromatic carbocycles. The van der Waals surface area contributed by atoms with Crippen LogP contribution in [0.25, 0.3) is 21.9 Å².